The van der Waals surface area contributed by atoms with E-state index in [9.17, 15) is 4.79 Å². The summed E-state index contributed by atoms with van der Waals surface area (Å²) in [7, 11) is 1.72. The van der Waals surface area contributed by atoms with Gasteiger partial charge in [-0.05, 0) is 39.5 Å². The van der Waals surface area contributed by atoms with E-state index in [4.69, 9.17) is 4.74 Å². The lowest BCUT2D eigenvalue weighted by atomic mass is 9.97. The van der Waals surface area contributed by atoms with E-state index in [1.165, 1.54) is 5.56 Å². The van der Waals surface area contributed by atoms with Crippen LogP contribution in [0.2, 0.25) is 0 Å². The monoisotopic (exact) mass is 322 g/mol. The number of H-pyrrole nitrogens is 1. The Morgan fingerprint density at radius 1 is 1.43 bits per heavy atom. The molecule has 0 bridgehead atoms. The third-order valence-electron chi connectivity index (χ3n) is 5.32. The van der Waals surface area contributed by atoms with Gasteiger partial charge in [0.15, 0.2) is 0 Å². The molecule has 1 aliphatic rings. The average molecular weight is 322 g/mol. The van der Waals surface area contributed by atoms with E-state index in [-0.39, 0.29) is 17.7 Å². The second-order valence-electron chi connectivity index (χ2n) is 6.45. The summed E-state index contributed by atoms with van der Waals surface area (Å²) in [5, 5.41) is 10.4. The highest BCUT2D eigenvalue weighted by atomic mass is 16.5. The summed E-state index contributed by atoms with van der Waals surface area (Å²) < 4.78 is 5.64. The van der Waals surface area contributed by atoms with E-state index >= 15 is 0 Å². The molecule has 2 amide bonds. The van der Waals surface area contributed by atoms with Crippen LogP contribution >= 0.6 is 0 Å². The number of nitrogens with one attached hydrogen (secondary N) is 2. The lowest BCUT2D eigenvalue weighted by Gasteiger charge is -2.32. The molecule has 2 N–H and O–H groups in total. The van der Waals surface area contributed by atoms with Crippen molar-refractivity contribution in [1.82, 2.24) is 20.4 Å². The molecular formula is C17H30N4O2. The predicted octanol–water partition coefficient (Wildman–Crippen LogP) is 3.08. The van der Waals surface area contributed by atoms with E-state index in [0.717, 1.165) is 43.6 Å². The van der Waals surface area contributed by atoms with Gasteiger partial charge in [0.2, 0.25) is 0 Å². The topological polar surface area (TPSA) is 70.2 Å². The molecule has 6 heteroatoms. The third-order valence-corrected chi connectivity index (χ3v) is 5.32. The Hall–Kier alpha value is -1.56. The van der Waals surface area contributed by atoms with Crippen molar-refractivity contribution in [3.8, 4) is 0 Å². The number of aromatic amines is 1. The van der Waals surface area contributed by atoms with Crippen LogP contribution in [0, 0.1) is 13.8 Å². The molecule has 2 rings (SSSR count). The molecule has 1 atom stereocenters. The molecular weight excluding hydrogens is 292 g/mol. The number of nitrogens with zero attached hydrogens (tertiary/aromatic N) is 2. The normalized spacial score (nSPS) is 18.5. The number of rotatable bonds is 6. The molecule has 1 fully saturated rings. The molecule has 2 heterocycles. The first-order valence-corrected chi connectivity index (χ1v) is 8.59. The number of aryl methyl sites for hydroxylation is 2. The van der Waals surface area contributed by atoms with Crippen LogP contribution < -0.4 is 5.32 Å². The second-order valence-corrected chi connectivity index (χ2v) is 6.45. The summed E-state index contributed by atoms with van der Waals surface area (Å²) in [6, 6.07) is 0.116. The zero-order valence-electron chi connectivity index (χ0n) is 15.0. The van der Waals surface area contributed by atoms with Gasteiger partial charge < -0.3 is 15.0 Å². The van der Waals surface area contributed by atoms with Crippen molar-refractivity contribution in [3.63, 3.8) is 0 Å². The van der Waals surface area contributed by atoms with Gasteiger partial charge in [-0.2, -0.15) is 5.10 Å². The van der Waals surface area contributed by atoms with Crippen molar-refractivity contribution in [2.45, 2.75) is 65.0 Å². The number of carbonyl (C=O) groups excluding carboxylic acids is 1. The van der Waals surface area contributed by atoms with Crippen LogP contribution in [0.4, 0.5) is 4.79 Å². The van der Waals surface area contributed by atoms with E-state index in [1.54, 1.807) is 7.11 Å². The quantitative estimate of drug-likeness (QED) is 0.845. The van der Waals surface area contributed by atoms with Crippen molar-refractivity contribution in [3.05, 3.63) is 17.0 Å². The van der Waals surface area contributed by atoms with Gasteiger partial charge in [-0.15, -0.1) is 0 Å². The lowest BCUT2D eigenvalue weighted by Crippen LogP contribution is -2.48. The fourth-order valence-corrected chi connectivity index (χ4v) is 3.56. The summed E-state index contributed by atoms with van der Waals surface area (Å²) in [6.45, 7) is 9.54. The molecule has 1 aliphatic heterocycles. The smallest absolute Gasteiger partial charge is 0.318 e. The molecule has 1 unspecified atom stereocenters. The Bertz CT molecular complexity index is 509. The van der Waals surface area contributed by atoms with Gasteiger partial charge in [-0.25, -0.2) is 4.79 Å². The van der Waals surface area contributed by atoms with Gasteiger partial charge in [-0.3, -0.25) is 5.10 Å². The summed E-state index contributed by atoms with van der Waals surface area (Å²) in [4.78, 5) is 14.6. The fraction of sp³-hybridized carbons (Fsp3) is 0.765. The Labute approximate surface area is 139 Å². The first-order chi connectivity index (χ1) is 11.0. The predicted molar refractivity (Wildman–Crippen MR) is 90.5 cm³/mol. The highest BCUT2D eigenvalue weighted by Gasteiger charge is 2.34. The highest BCUT2D eigenvalue weighted by molar-refractivity contribution is 5.75. The maximum absolute atomic E-state index is 12.7. The zero-order chi connectivity index (χ0) is 17.0. The molecule has 1 saturated heterocycles. The Kier molecular flexibility index (Phi) is 5.68. The fourth-order valence-electron chi connectivity index (χ4n) is 3.56. The number of ether oxygens (including phenoxy) is 1. The Balaban J connectivity index is 2.07. The summed E-state index contributed by atoms with van der Waals surface area (Å²) in [5.74, 6) is 0. The molecule has 0 aliphatic carbocycles. The zero-order valence-corrected chi connectivity index (χ0v) is 15.0. The van der Waals surface area contributed by atoms with Crippen molar-refractivity contribution in [1.29, 1.82) is 0 Å². The maximum Gasteiger partial charge on any atom is 0.318 e. The average Bonchev–Trinajstić information content (AvgIpc) is 3.15. The molecule has 1 aromatic rings. The van der Waals surface area contributed by atoms with Crippen molar-refractivity contribution in [2.75, 3.05) is 20.2 Å². The first-order valence-electron chi connectivity index (χ1n) is 8.59. The number of aromatic nitrogens is 2. The van der Waals surface area contributed by atoms with Gasteiger partial charge in [0, 0.05) is 31.5 Å². The molecule has 130 valence electrons. The van der Waals surface area contributed by atoms with Gasteiger partial charge in [0.1, 0.15) is 0 Å². The molecule has 0 spiro atoms. The van der Waals surface area contributed by atoms with Crippen LogP contribution in [0.5, 0.6) is 0 Å². The van der Waals surface area contributed by atoms with Gasteiger partial charge in [0.05, 0.1) is 17.3 Å². The number of hydrogen-bond donors (Lipinski definition) is 2. The van der Waals surface area contributed by atoms with E-state index in [0.29, 0.717) is 6.54 Å². The van der Waals surface area contributed by atoms with Crippen molar-refractivity contribution in [2.24, 2.45) is 0 Å². The highest BCUT2D eigenvalue weighted by Crippen LogP contribution is 2.34. The summed E-state index contributed by atoms with van der Waals surface area (Å²) >= 11 is 0. The van der Waals surface area contributed by atoms with Crippen molar-refractivity contribution >= 4 is 6.03 Å². The standard InChI is InChI=1S/C17H30N4O2/c1-6-17(7-2,23-5)11-18-16(22)21-10-8-9-14(21)15-12(3)19-20-13(15)4/h14H,6-11H2,1-5H3,(H,18,22)(H,19,20). The molecule has 0 radical (unpaired) electrons. The maximum atomic E-state index is 12.7. The van der Waals surface area contributed by atoms with Crippen LogP contribution in [-0.2, 0) is 4.74 Å². The third kappa shape index (κ3) is 3.52. The van der Waals surface area contributed by atoms with Crippen molar-refractivity contribution < 1.29 is 9.53 Å². The van der Waals surface area contributed by atoms with Crippen LogP contribution in [0.15, 0.2) is 0 Å². The first kappa shape index (κ1) is 17.8. The van der Waals surface area contributed by atoms with Crippen LogP contribution in [0.25, 0.3) is 0 Å². The van der Waals surface area contributed by atoms with Crippen LogP contribution in [0.3, 0.4) is 0 Å². The van der Waals surface area contributed by atoms with Crippen LogP contribution in [0.1, 0.15) is 62.5 Å². The molecule has 6 nitrogen and oxygen atoms in total. The molecule has 0 saturated carbocycles. The molecule has 1 aromatic heterocycles. The lowest BCUT2D eigenvalue weighted by molar-refractivity contribution is -0.0144. The Morgan fingerprint density at radius 2 is 2.13 bits per heavy atom. The minimum Gasteiger partial charge on any atom is -0.376 e. The SMILES string of the molecule is CCC(CC)(CNC(=O)N1CCCC1c1c(C)n[nH]c1C)OC. The molecule has 0 aromatic carbocycles. The number of methoxy groups -OCH3 is 1. The van der Waals surface area contributed by atoms with Gasteiger partial charge in [0.25, 0.3) is 0 Å². The van der Waals surface area contributed by atoms with Gasteiger partial charge >= 0.3 is 6.03 Å². The van der Waals surface area contributed by atoms with E-state index in [2.05, 4.69) is 29.4 Å². The number of likely N-dealkylation sites (tertiary alicyclic amines) is 1. The van der Waals surface area contributed by atoms with Crippen LogP contribution in [-0.4, -0.2) is 46.9 Å². The Morgan fingerprint density at radius 3 is 2.65 bits per heavy atom. The largest absolute Gasteiger partial charge is 0.376 e. The number of hydrogen-bond acceptors (Lipinski definition) is 3. The van der Waals surface area contributed by atoms with Gasteiger partial charge in [-0.1, -0.05) is 13.8 Å². The van der Waals surface area contributed by atoms with E-state index in [1.807, 2.05) is 18.7 Å². The number of amides is 2. The molecule has 23 heavy (non-hydrogen) atoms. The minimum atomic E-state index is -0.271. The van der Waals surface area contributed by atoms with E-state index < -0.39 is 0 Å². The summed E-state index contributed by atoms with van der Waals surface area (Å²) in [6.07, 6.45) is 3.78. The number of urea groups is 1. The number of carbonyl (C=O) groups is 1. The second kappa shape index (κ2) is 7.34. The minimum absolute atomic E-state index is 0.00387. The summed E-state index contributed by atoms with van der Waals surface area (Å²) in [5.41, 5.74) is 2.94.